The second-order valence-electron chi connectivity index (χ2n) is 3.27. The molecule has 1 unspecified atom stereocenters. The normalized spacial score (nSPS) is 14.3. The molecule has 1 N–H and O–H groups in total. The summed E-state index contributed by atoms with van der Waals surface area (Å²) in [5.74, 6) is -0.778. The van der Waals surface area contributed by atoms with Crippen LogP contribution in [0.5, 0.6) is 0 Å². The fraction of sp³-hybridized carbons (Fsp3) is 0.857. The molecule has 0 aliphatic rings. The molecule has 4 nitrogen and oxygen atoms in total. The molecule has 0 radical (unpaired) electrons. The van der Waals surface area contributed by atoms with E-state index >= 15 is 0 Å². The first-order chi connectivity index (χ1) is 4.83. The Kier molecular flexibility index (Phi) is 3.48. The van der Waals surface area contributed by atoms with E-state index in [0.717, 1.165) is 0 Å². The van der Waals surface area contributed by atoms with Crippen molar-refractivity contribution in [3.8, 4) is 0 Å². The van der Waals surface area contributed by atoms with Gasteiger partial charge in [0, 0.05) is 0 Å². The van der Waals surface area contributed by atoms with Gasteiger partial charge in [-0.15, -0.1) is 0 Å². The molecule has 11 heavy (non-hydrogen) atoms. The Balaban J connectivity index is 3.64. The van der Waals surface area contributed by atoms with Crippen molar-refractivity contribution in [2.45, 2.75) is 39.4 Å². The number of carbonyl (C=O) groups excluding carboxylic acids is 1. The maximum atomic E-state index is 10.6. The summed E-state index contributed by atoms with van der Waals surface area (Å²) in [5, 5.41) is 8.66. The van der Waals surface area contributed by atoms with Gasteiger partial charge in [0.25, 0.3) is 0 Å². The average molecular weight is 162 g/mol. The van der Waals surface area contributed by atoms with E-state index in [1.165, 1.54) is 6.92 Å². The molecule has 0 saturated carbocycles. The van der Waals surface area contributed by atoms with Crippen LogP contribution in [-0.4, -0.2) is 22.8 Å². The smallest absolute Gasteiger partial charge is 0.370 e. The Morgan fingerprint density at radius 1 is 1.45 bits per heavy atom. The van der Waals surface area contributed by atoms with Crippen molar-refractivity contribution in [1.29, 1.82) is 0 Å². The highest BCUT2D eigenvalue weighted by Crippen LogP contribution is 2.07. The number of carbonyl (C=O) groups is 1. The van der Waals surface area contributed by atoms with Crippen molar-refractivity contribution in [3.05, 3.63) is 0 Å². The van der Waals surface area contributed by atoms with Gasteiger partial charge >= 0.3 is 5.97 Å². The molecule has 0 fully saturated rings. The summed E-state index contributed by atoms with van der Waals surface area (Å²) in [5.41, 5.74) is -0.537. The van der Waals surface area contributed by atoms with Crippen molar-refractivity contribution in [1.82, 2.24) is 0 Å². The molecule has 0 spiro atoms. The van der Waals surface area contributed by atoms with Crippen LogP contribution < -0.4 is 0 Å². The third-order valence-electron chi connectivity index (χ3n) is 0.715. The van der Waals surface area contributed by atoms with E-state index in [4.69, 9.17) is 5.11 Å². The van der Waals surface area contributed by atoms with Crippen molar-refractivity contribution < 1.29 is 19.7 Å². The highest BCUT2D eigenvalue weighted by atomic mass is 17.2. The Bertz CT molecular complexity index is 134. The molecule has 4 heteroatoms. The van der Waals surface area contributed by atoms with E-state index < -0.39 is 17.7 Å². The maximum Gasteiger partial charge on any atom is 0.370 e. The van der Waals surface area contributed by atoms with Crippen molar-refractivity contribution in [3.63, 3.8) is 0 Å². The molecule has 0 saturated heterocycles. The van der Waals surface area contributed by atoms with Crippen molar-refractivity contribution in [2.75, 3.05) is 0 Å². The SMILES string of the molecule is CC(O)C(=O)OOC(C)(C)C. The van der Waals surface area contributed by atoms with Gasteiger partial charge in [0.2, 0.25) is 0 Å². The van der Waals surface area contributed by atoms with Gasteiger partial charge in [0.05, 0.1) is 0 Å². The minimum Gasteiger partial charge on any atom is -0.382 e. The highest BCUT2D eigenvalue weighted by molar-refractivity contribution is 5.73. The molecule has 0 aromatic carbocycles. The molecular formula is C7H14O4. The van der Waals surface area contributed by atoms with Crippen LogP contribution in [-0.2, 0) is 14.6 Å². The van der Waals surface area contributed by atoms with Gasteiger partial charge in [-0.25, -0.2) is 4.79 Å². The second kappa shape index (κ2) is 3.69. The van der Waals surface area contributed by atoms with E-state index in [2.05, 4.69) is 9.78 Å². The Morgan fingerprint density at radius 3 is 2.18 bits per heavy atom. The molecule has 66 valence electrons. The third-order valence-corrected chi connectivity index (χ3v) is 0.715. The summed E-state index contributed by atoms with van der Waals surface area (Å²) in [4.78, 5) is 19.5. The number of aliphatic hydroxyl groups excluding tert-OH is 1. The molecule has 0 aromatic heterocycles. The first-order valence-electron chi connectivity index (χ1n) is 3.40. The van der Waals surface area contributed by atoms with Gasteiger partial charge < -0.3 is 5.11 Å². The second-order valence-corrected chi connectivity index (χ2v) is 3.27. The quantitative estimate of drug-likeness (QED) is 0.478. The van der Waals surface area contributed by atoms with Crippen LogP contribution in [0.25, 0.3) is 0 Å². The molecule has 0 aliphatic carbocycles. The largest absolute Gasteiger partial charge is 0.382 e. The first kappa shape index (κ1) is 10.4. The molecule has 0 heterocycles. The maximum absolute atomic E-state index is 10.6. The number of rotatable bonds is 2. The summed E-state index contributed by atoms with van der Waals surface area (Å²) < 4.78 is 0. The summed E-state index contributed by atoms with van der Waals surface area (Å²) in [6.07, 6.45) is -1.14. The predicted octanol–water partition coefficient (Wildman–Crippen LogP) is 0.640. The van der Waals surface area contributed by atoms with Crippen LogP contribution in [0.4, 0.5) is 0 Å². The molecule has 0 bridgehead atoms. The lowest BCUT2D eigenvalue weighted by atomic mass is 10.2. The molecule has 0 amide bonds. The zero-order valence-electron chi connectivity index (χ0n) is 7.25. The van der Waals surface area contributed by atoms with E-state index in [9.17, 15) is 4.79 Å². The topological polar surface area (TPSA) is 55.8 Å². The van der Waals surface area contributed by atoms with E-state index in [0.29, 0.717) is 0 Å². The van der Waals surface area contributed by atoms with Crippen LogP contribution in [0, 0.1) is 0 Å². The summed E-state index contributed by atoms with van der Waals surface area (Å²) >= 11 is 0. The fourth-order valence-electron chi connectivity index (χ4n) is 0.236. The van der Waals surface area contributed by atoms with E-state index in [1.54, 1.807) is 20.8 Å². The number of aliphatic hydroxyl groups is 1. The standard InChI is InChI=1S/C7H14O4/c1-5(8)6(9)10-11-7(2,3)4/h5,8H,1-4H3. The lowest BCUT2D eigenvalue weighted by Gasteiger charge is -2.16. The minimum absolute atomic E-state index is 0.537. The Hall–Kier alpha value is -0.610. The van der Waals surface area contributed by atoms with Gasteiger partial charge in [-0.2, -0.15) is 4.89 Å². The van der Waals surface area contributed by atoms with Gasteiger partial charge in [-0.1, -0.05) is 0 Å². The first-order valence-corrected chi connectivity index (χ1v) is 3.40. The van der Waals surface area contributed by atoms with Gasteiger partial charge in [0.1, 0.15) is 5.60 Å². The minimum atomic E-state index is -1.14. The van der Waals surface area contributed by atoms with Crippen molar-refractivity contribution >= 4 is 5.97 Å². The van der Waals surface area contributed by atoms with Gasteiger partial charge in [-0.05, 0) is 27.7 Å². The van der Waals surface area contributed by atoms with Crippen LogP contribution in [0.3, 0.4) is 0 Å². The number of hydrogen-bond donors (Lipinski definition) is 1. The predicted molar refractivity (Wildman–Crippen MR) is 38.6 cm³/mol. The molecule has 0 rings (SSSR count). The molecule has 0 aliphatic heterocycles. The summed E-state index contributed by atoms with van der Waals surface area (Å²) in [7, 11) is 0. The zero-order chi connectivity index (χ0) is 9.07. The van der Waals surface area contributed by atoms with E-state index in [1.807, 2.05) is 0 Å². The van der Waals surface area contributed by atoms with Crippen LogP contribution in [0.1, 0.15) is 27.7 Å². The van der Waals surface area contributed by atoms with Gasteiger partial charge in [-0.3, -0.25) is 4.89 Å². The van der Waals surface area contributed by atoms with Gasteiger partial charge in [0.15, 0.2) is 6.10 Å². The molecule has 1 atom stereocenters. The highest BCUT2D eigenvalue weighted by Gasteiger charge is 2.17. The summed E-state index contributed by atoms with van der Waals surface area (Å²) in [6, 6.07) is 0. The Morgan fingerprint density at radius 2 is 1.91 bits per heavy atom. The van der Waals surface area contributed by atoms with Crippen molar-refractivity contribution in [2.24, 2.45) is 0 Å². The third kappa shape index (κ3) is 5.82. The van der Waals surface area contributed by atoms with Crippen LogP contribution in [0.2, 0.25) is 0 Å². The lowest BCUT2D eigenvalue weighted by molar-refractivity contribution is -0.324. The van der Waals surface area contributed by atoms with Crippen LogP contribution in [0.15, 0.2) is 0 Å². The lowest BCUT2D eigenvalue weighted by Crippen LogP contribution is -2.26. The zero-order valence-corrected chi connectivity index (χ0v) is 7.25. The number of hydrogen-bond acceptors (Lipinski definition) is 4. The monoisotopic (exact) mass is 162 g/mol. The molecule has 0 aromatic rings. The molecular weight excluding hydrogens is 148 g/mol. The fourth-order valence-corrected chi connectivity index (χ4v) is 0.236. The summed E-state index contributed by atoms with van der Waals surface area (Å²) in [6.45, 7) is 6.53. The average Bonchev–Trinajstić information content (AvgIpc) is 1.80. The van der Waals surface area contributed by atoms with Crippen LogP contribution >= 0.6 is 0 Å². The Labute approximate surface area is 66.0 Å². The van der Waals surface area contributed by atoms with E-state index in [-0.39, 0.29) is 0 Å².